The second-order valence-electron chi connectivity index (χ2n) is 6.69. The summed E-state index contributed by atoms with van der Waals surface area (Å²) in [7, 11) is 3.44. The first kappa shape index (κ1) is 18.8. The average molecular weight is 369 g/mol. The smallest absolute Gasteiger partial charge is 0.311 e. The normalized spacial score (nSPS) is 15.3. The topological polar surface area (TPSA) is 75.9 Å². The fourth-order valence-electron chi connectivity index (χ4n) is 3.44. The third kappa shape index (κ3) is 4.09. The molecule has 27 heavy (non-hydrogen) atoms. The number of para-hydroxylation sites is 1. The lowest BCUT2D eigenvalue weighted by Gasteiger charge is -2.37. The van der Waals surface area contributed by atoms with Crippen molar-refractivity contribution in [2.75, 3.05) is 32.1 Å². The number of hydrogen-bond donors (Lipinski definition) is 0. The van der Waals surface area contributed by atoms with E-state index in [1.165, 1.54) is 19.2 Å². The second kappa shape index (κ2) is 8.18. The fourth-order valence-corrected chi connectivity index (χ4v) is 3.44. The van der Waals surface area contributed by atoms with Gasteiger partial charge in [0.15, 0.2) is 5.75 Å². The number of ether oxygens (including phenoxy) is 1. The van der Waals surface area contributed by atoms with Crippen LogP contribution in [0.1, 0.15) is 23.2 Å². The Morgan fingerprint density at radius 1 is 1.19 bits per heavy atom. The van der Waals surface area contributed by atoms with Crippen molar-refractivity contribution in [2.45, 2.75) is 18.9 Å². The molecule has 1 amide bonds. The minimum Gasteiger partial charge on any atom is -0.490 e. The van der Waals surface area contributed by atoms with Crippen LogP contribution in [-0.4, -0.2) is 49.0 Å². The zero-order valence-corrected chi connectivity index (χ0v) is 15.5. The van der Waals surface area contributed by atoms with E-state index in [2.05, 4.69) is 11.9 Å². The number of nitro groups is 1. The van der Waals surface area contributed by atoms with E-state index in [-0.39, 0.29) is 28.9 Å². The van der Waals surface area contributed by atoms with Crippen LogP contribution in [0.3, 0.4) is 0 Å². The van der Waals surface area contributed by atoms with Crippen LogP contribution in [0, 0.1) is 10.1 Å². The summed E-state index contributed by atoms with van der Waals surface area (Å²) in [6.07, 6.45) is 1.71. The zero-order valence-electron chi connectivity index (χ0n) is 15.5. The summed E-state index contributed by atoms with van der Waals surface area (Å²) in [5.74, 6) is -0.0939. The van der Waals surface area contributed by atoms with Crippen molar-refractivity contribution >= 4 is 17.3 Å². The Morgan fingerprint density at radius 2 is 1.85 bits per heavy atom. The Balaban J connectivity index is 1.98. The predicted molar refractivity (Wildman–Crippen MR) is 103 cm³/mol. The molecule has 1 aliphatic rings. The molecule has 3 rings (SSSR count). The molecule has 1 saturated heterocycles. The number of carbonyl (C=O) groups excluding carboxylic acids is 1. The van der Waals surface area contributed by atoms with Gasteiger partial charge < -0.3 is 14.5 Å². The van der Waals surface area contributed by atoms with Gasteiger partial charge in [0, 0.05) is 23.4 Å². The molecule has 0 unspecified atom stereocenters. The van der Waals surface area contributed by atoms with E-state index in [4.69, 9.17) is 4.74 Å². The van der Waals surface area contributed by atoms with E-state index in [0.29, 0.717) is 0 Å². The zero-order chi connectivity index (χ0) is 19.4. The van der Waals surface area contributed by atoms with Crippen molar-refractivity contribution in [2.24, 2.45) is 0 Å². The maximum Gasteiger partial charge on any atom is 0.311 e. The predicted octanol–water partition coefficient (Wildman–Crippen LogP) is 3.34. The third-order valence-electron chi connectivity index (χ3n) is 4.93. The molecule has 0 radical (unpaired) electrons. The minimum absolute atomic E-state index is 0.0530. The SMILES string of the molecule is COc1ccc(C(=O)N(c2ccccc2)C2CCN(C)CC2)cc1[N+](=O)[O-]. The Morgan fingerprint density at radius 3 is 2.44 bits per heavy atom. The monoisotopic (exact) mass is 369 g/mol. The summed E-state index contributed by atoms with van der Waals surface area (Å²) in [4.78, 5) is 28.2. The molecule has 142 valence electrons. The van der Waals surface area contributed by atoms with Crippen LogP contribution in [0.5, 0.6) is 5.75 Å². The molecule has 0 N–H and O–H groups in total. The molecule has 1 fully saturated rings. The van der Waals surface area contributed by atoms with Gasteiger partial charge in [-0.2, -0.15) is 0 Å². The van der Waals surface area contributed by atoms with Crippen LogP contribution >= 0.6 is 0 Å². The molecule has 7 heteroatoms. The number of nitrogens with zero attached hydrogens (tertiary/aromatic N) is 3. The number of rotatable bonds is 5. The quantitative estimate of drug-likeness (QED) is 0.597. The largest absolute Gasteiger partial charge is 0.490 e. The van der Waals surface area contributed by atoms with Gasteiger partial charge in [-0.15, -0.1) is 0 Å². The van der Waals surface area contributed by atoms with Crippen LogP contribution in [0.4, 0.5) is 11.4 Å². The molecule has 7 nitrogen and oxygen atoms in total. The molecular formula is C20H23N3O4. The molecule has 0 aromatic heterocycles. The standard InChI is InChI=1S/C20H23N3O4/c1-21-12-10-17(11-13-21)22(16-6-4-3-5-7-16)20(24)15-8-9-19(27-2)18(14-15)23(25)26/h3-9,14,17H,10-13H2,1-2H3. The van der Waals surface area contributed by atoms with Gasteiger partial charge in [0.1, 0.15) is 0 Å². The molecule has 0 spiro atoms. The van der Waals surface area contributed by atoms with Gasteiger partial charge in [-0.1, -0.05) is 18.2 Å². The first-order valence-corrected chi connectivity index (χ1v) is 8.91. The summed E-state index contributed by atoms with van der Waals surface area (Å²) < 4.78 is 5.04. The van der Waals surface area contributed by atoms with Gasteiger partial charge in [0.2, 0.25) is 0 Å². The summed E-state index contributed by atoms with van der Waals surface area (Å²) in [5, 5.41) is 11.3. The number of amides is 1. The molecule has 0 saturated carbocycles. The van der Waals surface area contributed by atoms with Gasteiger partial charge in [-0.3, -0.25) is 14.9 Å². The van der Waals surface area contributed by atoms with Gasteiger partial charge in [-0.05, 0) is 57.2 Å². The Kier molecular flexibility index (Phi) is 5.71. The first-order valence-electron chi connectivity index (χ1n) is 8.91. The van der Waals surface area contributed by atoms with Crippen molar-refractivity contribution < 1.29 is 14.5 Å². The van der Waals surface area contributed by atoms with Crippen molar-refractivity contribution in [1.82, 2.24) is 4.90 Å². The lowest BCUT2D eigenvalue weighted by molar-refractivity contribution is -0.385. The number of carbonyl (C=O) groups is 1. The molecule has 2 aromatic carbocycles. The highest BCUT2D eigenvalue weighted by Crippen LogP contribution is 2.30. The number of methoxy groups -OCH3 is 1. The third-order valence-corrected chi connectivity index (χ3v) is 4.93. The second-order valence-corrected chi connectivity index (χ2v) is 6.69. The maximum atomic E-state index is 13.3. The minimum atomic E-state index is -0.530. The summed E-state index contributed by atoms with van der Waals surface area (Å²) in [6.45, 7) is 1.81. The molecular weight excluding hydrogens is 346 g/mol. The number of likely N-dealkylation sites (tertiary alicyclic amines) is 1. The molecule has 1 heterocycles. The van der Waals surface area contributed by atoms with E-state index in [1.807, 2.05) is 30.3 Å². The van der Waals surface area contributed by atoms with Crippen LogP contribution < -0.4 is 9.64 Å². The highest BCUT2D eigenvalue weighted by molar-refractivity contribution is 6.07. The van der Waals surface area contributed by atoms with E-state index in [0.717, 1.165) is 31.6 Å². The highest BCUT2D eigenvalue weighted by Gasteiger charge is 2.30. The van der Waals surface area contributed by atoms with Gasteiger partial charge >= 0.3 is 5.69 Å². The highest BCUT2D eigenvalue weighted by atomic mass is 16.6. The van der Waals surface area contributed by atoms with Crippen molar-refractivity contribution in [3.05, 3.63) is 64.2 Å². The van der Waals surface area contributed by atoms with Crippen LogP contribution in [0.2, 0.25) is 0 Å². The van der Waals surface area contributed by atoms with Crippen molar-refractivity contribution in [1.29, 1.82) is 0 Å². The van der Waals surface area contributed by atoms with Gasteiger partial charge in [0.05, 0.1) is 12.0 Å². The van der Waals surface area contributed by atoms with Gasteiger partial charge in [-0.25, -0.2) is 0 Å². The van der Waals surface area contributed by atoms with E-state index >= 15 is 0 Å². The average Bonchev–Trinajstić information content (AvgIpc) is 2.69. The lowest BCUT2D eigenvalue weighted by atomic mass is 10.0. The van der Waals surface area contributed by atoms with Crippen molar-refractivity contribution in [3.63, 3.8) is 0 Å². The number of anilines is 1. The first-order chi connectivity index (χ1) is 13.0. The molecule has 0 bridgehead atoms. The van der Waals surface area contributed by atoms with Gasteiger partial charge in [0.25, 0.3) is 5.91 Å². The number of nitro benzene ring substituents is 1. The fraction of sp³-hybridized carbons (Fsp3) is 0.350. The summed E-state index contributed by atoms with van der Waals surface area (Å²) >= 11 is 0. The Hall–Kier alpha value is -2.93. The summed E-state index contributed by atoms with van der Waals surface area (Å²) in [5.41, 5.74) is 0.876. The Labute approximate surface area is 158 Å². The molecule has 1 aliphatic heterocycles. The van der Waals surface area contributed by atoms with E-state index in [1.54, 1.807) is 11.0 Å². The van der Waals surface area contributed by atoms with E-state index in [9.17, 15) is 14.9 Å². The Bertz CT molecular complexity index is 817. The van der Waals surface area contributed by atoms with Crippen LogP contribution in [0.25, 0.3) is 0 Å². The lowest BCUT2D eigenvalue weighted by Crippen LogP contribution is -2.46. The van der Waals surface area contributed by atoms with Crippen LogP contribution in [-0.2, 0) is 0 Å². The molecule has 2 aromatic rings. The number of benzene rings is 2. The molecule has 0 aliphatic carbocycles. The maximum absolute atomic E-state index is 13.3. The number of hydrogen-bond acceptors (Lipinski definition) is 5. The summed E-state index contributed by atoms with van der Waals surface area (Å²) in [6, 6.07) is 13.9. The van der Waals surface area contributed by atoms with E-state index < -0.39 is 4.92 Å². The van der Waals surface area contributed by atoms with Crippen molar-refractivity contribution in [3.8, 4) is 5.75 Å². The molecule has 0 atom stereocenters. The van der Waals surface area contributed by atoms with Crippen LogP contribution in [0.15, 0.2) is 48.5 Å². The number of piperidine rings is 1.